The van der Waals surface area contributed by atoms with Crippen molar-refractivity contribution in [3.8, 4) is 11.3 Å². The molecule has 0 aliphatic carbocycles. The fourth-order valence-corrected chi connectivity index (χ4v) is 5.02. The van der Waals surface area contributed by atoms with Crippen LogP contribution in [-0.2, 0) is 16.1 Å². The number of aryl methyl sites for hydroxylation is 1. The van der Waals surface area contributed by atoms with Crippen LogP contribution < -0.4 is 10.6 Å². The van der Waals surface area contributed by atoms with E-state index in [0.29, 0.717) is 11.7 Å². The van der Waals surface area contributed by atoms with E-state index in [2.05, 4.69) is 40.1 Å². The molecule has 2 N–H and O–H groups in total. The van der Waals surface area contributed by atoms with Crippen molar-refractivity contribution in [3.63, 3.8) is 0 Å². The van der Waals surface area contributed by atoms with Crippen molar-refractivity contribution in [2.75, 3.05) is 5.32 Å². The summed E-state index contributed by atoms with van der Waals surface area (Å²) < 4.78 is 2.21. The number of aromatic nitrogens is 2. The van der Waals surface area contributed by atoms with E-state index >= 15 is 0 Å². The van der Waals surface area contributed by atoms with Crippen LogP contribution in [0.4, 0.5) is 5.13 Å². The van der Waals surface area contributed by atoms with Crippen molar-refractivity contribution >= 4 is 39.9 Å². The monoisotopic (exact) mass is 506 g/mol. The molecule has 0 saturated heterocycles. The zero-order valence-corrected chi connectivity index (χ0v) is 21.4. The first-order valence-electron chi connectivity index (χ1n) is 11.3. The molecule has 1 atom stereocenters. The van der Waals surface area contributed by atoms with Gasteiger partial charge in [-0.1, -0.05) is 60.1 Å². The number of nitrogens with zero attached hydrogens (tertiary/aromatic N) is 2. The largest absolute Gasteiger partial charge is 0.349 e. The van der Waals surface area contributed by atoms with Crippen molar-refractivity contribution in [3.05, 3.63) is 93.6 Å². The molecular formula is C27H27ClN4O2S. The van der Waals surface area contributed by atoms with E-state index in [4.69, 9.17) is 11.6 Å². The molecule has 0 spiro atoms. The molecule has 2 aromatic heterocycles. The first kappa shape index (κ1) is 24.7. The molecule has 0 aliphatic rings. The summed E-state index contributed by atoms with van der Waals surface area (Å²) in [4.78, 5) is 29.1. The minimum absolute atomic E-state index is 0.116. The van der Waals surface area contributed by atoms with Crippen LogP contribution in [0, 0.1) is 13.8 Å². The summed E-state index contributed by atoms with van der Waals surface area (Å²) in [6.07, 6.45) is 0.116. The van der Waals surface area contributed by atoms with Crippen LogP contribution >= 0.6 is 22.9 Å². The maximum Gasteiger partial charge on any atom is 0.228 e. The Bertz CT molecular complexity index is 1350. The van der Waals surface area contributed by atoms with Gasteiger partial charge in [0.2, 0.25) is 11.8 Å². The molecule has 8 heteroatoms. The van der Waals surface area contributed by atoms with Crippen molar-refractivity contribution in [2.24, 2.45) is 0 Å². The van der Waals surface area contributed by atoms with Gasteiger partial charge in [0.05, 0.1) is 18.2 Å². The molecule has 0 fully saturated rings. The van der Waals surface area contributed by atoms with E-state index in [1.165, 1.54) is 18.3 Å². The highest BCUT2D eigenvalue weighted by molar-refractivity contribution is 7.14. The van der Waals surface area contributed by atoms with E-state index < -0.39 is 6.04 Å². The Kier molecular flexibility index (Phi) is 7.68. The molecule has 0 saturated carbocycles. The number of benzene rings is 2. The highest BCUT2D eigenvalue weighted by atomic mass is 35.5. The van der Waals surface area contributed by atoms with E-state index in [1.54, 1.807) is 0 Å². The topological polar surface area (TPSA) is 76.0 Å². The van der Waals surface area contributed by atoms with Gasteiger partial charge in [-0.05, 0) is 37.1 Å². The van der Waals surface area contributed by atoms with Gasteiger partial charge in [-0.2, -0.15) is 0 Å². The third kappa shape index (κ3) is 5.99. The number of amides is 2. The Morgan fingerprint density at radius 1 is 1.09 bits per heavy atom. The number of thiazole rings is 1. The second-order valence-corrected chi connectivity index (χ2v) is 9.68. The number of nitrogens with one attached hydrogen (secondary N) is 2. The highest BCUT2D eigenvalue weighted by Crippen LogP contribution is 2.31. The van der Waals surface area contributed by atoms with E-state index in [-0.39, 0.29) is 18.2 Å². The zero-order valence-electron chi connectivity index (χ0n) is 19.8. The lowest BCUT2D eigenvalue weighted by molar-refractivity contribution is -0.120. The maximum absolute atomic E-state index is 12.8. The first-order valence-corrected chi connectivity index (χ1v) is 12.6. The highest BCUT2D eigenvalue weighted by Gasteiger charge is 2.19. The molecule has 180 valence electrons. The number of carbonyl (C=O) groups is 2. The number of hydrogen-bond acceptors (Lipinski definition) is 4. The average molecular weight is 507 g/mol. The smallest absolute Gasteiger partial charge is 0.228 e. The zero-order chi connectivity index (χ0) is 24.9. The SMILES string of the molecule is CC(=O)N[C@@H](CC(=O)Nc1nc(-c2cc(C)n(Cc3ccccc3Cl)c2C)cs1)c1ccccc1. The van der Waals surface area contributed by atoms with Gasteiger partial charge in [-0.25, -0.2) is 4.98 Å². The molecule has 2 aromatic carbocycles. The van der Waals surface area contributed by atoms with Gasteiger partial charge < -0.3 is 15.2 Å². The van der Waals surface area contributed by atoms with Crippen molar-refractivity contribution in [1.82, 2.24) is 14.9 Å². The predicted octanol–water partition coefficient (Wildman–Crippen LogP) is 6.14. The summed E-state index contributed by atoms with van der Waals surface area (Å²) in [6.45, 7) is 6.25. The Morgan fingerprint density at radius 2 is 1.80 bits per heavy atom. The predicted molar refractivity (Wildman–Crippen MR) is 142 cm³/mol. The molecule has 35 heavy (non-hydrogen) atoms. The van der Waals surface area contributed by atoms with Gasteiger partial charge in [0.1, 0.15) is 0 Å². The summed E-state index contributed by atoms with van der Waals surface area (Å²) >= 11 is 7.75. The molecule has 0 radical (unpaired) electrons. The average Bonchev–Trinajstić information content (AvgIpc) is 3.39. The summed E-state index contributed by atoms with van der Waals surface area (Å²) in [5.74, 6) is -0.395. The summed E-state index contributed by atoms with van der Waals surface area (Å²) in [5, 5.41) is 8.95. The van der Waals surface area contributed by atoms with Gasteiger partial charge >= 0.3 is 0 Å². The number of carbonyl (C=O) groups excluding carboxylic acids is 2. The van der Waals surface area contributed by atoms with Crippen molar-refractivity contribution in [2.45, 2.75) is 39.8 Å². The summed E-state index contributed by atoms with van der Waals surface area (Å²) in [7, 11) is 0. The van der Waals surface area contributed by atoms with E-state index in [1.807, 2.05) is 60.0 Å². The normalized spacial score (nSPS) is 11.8. The Hall–Kier alpha value is -3.42. The molecule has 4 rings (SSSR count). The quantitative estimate of drug-likeness (QED) is 0.301. The van der Waals surface area contributed by atoms with Crippen LogP contribution in [0.5, 0.6) is 0 Å². The van der Waals surface area contributed by atoms with Gasteiger partial charge in [0.25, 0.3) is 0 Å². The second kappa shape index (κ2) is 10.9. The molecule has 2 heterocycles. The molecule has 4 aromatic rings. The summed E-state index contributed by atoms with van der Waals surface area (Å²) in [5.41, 5.74) is 5.96. The number of hydrogen-bond donors (Lipinski definition) is 2. The van der Waals surface area contributed by atoms with Crippen LogP contribution in [0.25, 0.3) is 11.3 Å². The molecule has 0 unspecified atom stereocenters. The number of anilines is 1. The third-order valence-electron chi connectivity index (χ3n) is 5.86. The number of rotatable bonds is 8. The van der Waals surface area contributed by atoms with Crippen LogP contribution in [-0.4, -0.2) is 21.4 Å². The van der Waals surface area contributed by atoms with E-state index in [9.17, 15) is 9.59 Å². The summed E-state index contributed by atoms with van der Waals surface area (Å²) in [6, 6.07) is 19.0. The fraction of sp³-hybridized carbons (Fsp3) is 0.222. The molecule has 0 bridgehead atoms. The Labute approximate surface area is 214 Å². The van der Waals surface area contributed by atoms with Crippen molar-refractivity contribution in [1.29, 1.82) is 0 Å². The van der Waals surface area contributed by atoms with E-state index in [0.717, 1.165) is 38.8 Å². The maximum atomic E-state index is 12.8. The molecular weight excluding hydrogens is 480 g/mol. The standard InChI is InChI=1S/C27H27ClN4O2S/c1-17-13-22(18(2)32(17)15-21-11-7-8-12-23(21)28)25-16-35-27(30-25)31-26(34)14-24(29-19(3)33)20-9-5-4-6-10-20/h4-13,16,24H,14-15H2,1-3H3,(H,29,33)(H,30,31,34)/t24-/m0/s1. The fourth-order valence-electron chi connectivity index (χ4n) is 4.09. The lowest BCUT2D eigenvalue weighted by Crippen LogP contribution is -2.29. The van der Waals surface area contributed by atoms with Gasteiger partial charge in [-0.15, -0.1) is 11.3 Å². The van der Waals surface area contributed by atoms with Gasteiger partial charge in [0, 0.05) is 40.8 Å². The second-order valence-electron chi connectivity index (χ2n) is 8.42. The molecule has 2 amide bonds. The Balaban J connectivity index is 1.48. The van der Waals surface area contributed by atoms with Crippen LogP contribution in [0.1, 0.15) is 41.9 Å². The molecule has 6 nitrogen and oxygen atoms in total. The van der Waals surface area contributed by atoms with Crippen molar-refractivity contribution < 1.29 is 9.59 Å². The first-order chi connectivity index (χ1) is 16.8. The van der Waals surface area contributed by atoms with Gasteiger partial charge in [-0.3, -0.25) is 9.59 Å². The lowest BCUT2D eigenvalue weighted by atomic mass is 10.0. The Morgan fingerprint density at radius 3 is 2.51 bits per heavy atom. The minimum atomic E-state index is -0.406. The van der Waals surface area contributed by atoms with Gasteiger partial charge in [0.15, 0.2) is 5.13 Å². The van der Waals surface area contributed by atoms with Crippen LogP contribution in [0.15, 0.2) is 66.0 Å². The van der Waals surface area contributed by atoms with Crippen LogP contribution in [0.2, 0.25) is 5.02 Å². The lowest BCUT2D eigenvalue weighted by Gasteiger charge is -2.17. The minimum Gasteiger partial charge on any atom is -0.349 e. The molecule has 0 aliphatic heterocycles. The van der Waals surface area contributed by atoms with Crippen LogP contribution in [0.3, 0.4) is 0 Å². The third-order valence-corrected chi connectivity index (χ3v) is 6.98. The number of halogens is 1.